The number of amides is 1. The number of halogens is 1. The maximum absolute atomic E-state index is 11.6. The minimum Gasteiger partial charge on any atom is -0.423 e. The summed E-state index contributed by atoms with van der Waals surface area (Å²) in [5.74, 6) is -0.538. The first-order valence-electron chi connectivity index (χ1n) is 5.25. The van der Waals surface area contributed by atoms with Gasteiger partial charge in [-0.3, -0.25) is 10.0 Å². The Morgan fingerprint density at radius 1 is 1.39 bits per heavy atom. The molecule has 1 heterocycles. The molecular weight excluding hydrogens is 302 g/mol. The van der Waals surface area contributed by atoms with Gasteiger partial charge in [-0.25, -0.2) is 10.3 Å². The lowest BCUT2D eigenvalue weighted by Crippen LogP contribution is -2.20. The zero-order valence-corrected chi connectivity index (χ0v) is 10.9. The molecule has 2 N–H and O–H groups in total. The Morgan fingerprint density at radius 2 is 2.17 bits per heavy atom. The summed E-state index contributed by atoms with van der Waals surface area (Å²) < 4.78 is 6.02. The number of benzene rings is 1. The molecule has 2 aromatic rings. The van der Waals surface area contributed by atoms with E-state index in [0.717, 1.165) is 9.86 Å². The third-order valence-electron chi connectivity index (χ3n) is 2.51. The van der Waals surface area contributed by atoms with Gasteiger partial charge in [0.05, 0.1) is 0 Å². The van der Waals surface area contributed by atoms with Gasteiger partial charge in [-0.2, -0.15) is 0 Å². The molecular formula is C12H10BrNO4. The highest BCUT2D eigenvalue weighted by atomic mass is 79.9. The lowest BCUT2D eigenvalue weighted by molar-refractivity contribution is -0.129. The van der Waals surface area contributed by atoms with Crippen molar-refractivity contribution in [2.24, 2.45) is 0 Å². The zero-order chi connectivity index (χ0) is 13.1. The second-order valence-corrected chi connectivity index (χ2v) is 4.69. The van der Waals surface area contributed by atoms with Gasteiger partial charge < -0.3 is 4.42 Å². The Labute approximate surface area is 111 Å². The third-order valence-corrected chi connectivity index (χ3v) is 3.01. The van der Waals surface area contributed by atoms with Crippen LogP contribution in [-0.4, -0.2) is 11.1 Å². The summed E-state index contributed by atoms with van der Waals surface area (Å²) in [6.07, 6.45) is 0.248. The van der Waals surface area contributed by atoms with E-state index < -0.39 is 11.5 Å². The predicted octanol–water partition coefficient (Wildman–Crippen LogP) is 1.99. The van der Waals surface area contributed by atoms with Crippen molar-refractivity contribution in [1.29, 1.82) is 0 Å². The summed E-state index contributed by atoms with van der Waals surface area (Å²) in [7, 11) is 0. The van der Waals surface area contributed by atoms with Gasteiger partial charge in [-0.15, -0.1) is 0 Å². The van der Waals surface area contributed by atoms with Crippen LogP contribution in [0.4, 0.5) is 0 Å². The number of nitrogens with one attached hydrogen (secondary N) is 1. The van der Waals surface area contributed by atoms with E-state index in [4.69, 9.17) is 9.62 Å². The summed E-state index contributed by atoms with van der Waals surface area (Å²) >= 11 is 3.33. The molecule has 1 aromatic heterocycles. The number of hydrogen-bond donors (Lipinski definition) is 2. The maximum Gasteiger partial charge on any atom is 0.339 e. The highest BCUT2D eigenvalue weighted by Crippen LogP contribution is 2.19. The van der Waals surface area contributed by atoms with E-state index in [1.165, 1.54) is 5.48 Å². The van der Waals surface area contributed by atoms with Gasteiger partial charge in [0, 0.05) is 21.8 Å². The molecule has 0 atom stereocenters. The molecule has 0 radical (unpaired) electrons. The van der Waals surface area contributed by atoms with Crippen LogP contribution in [0, 0.1) is 0 Å². The molecule has 0 saturated carbocycles. The van der Waals surface area contributed by atoms with Crippen molar-refractivity contribution in [2.45, 2.75) is 12.8 Å². The van der Waals surface area contributed by atoms with Crippen LogP contribution in [0.5, 0.6) is 0 Å². The Bertz CT molecular complexity index is 650. The first-order valence-corrected chi connectivity index (χ1v) is 6.04. The summed E-state index contributed by atoms with van der Waals surface area (Å²) in [5, 5.41) is 9.16. The molecule has 5 nitrogen and oxygen atoms in total. The number of carbonyl (C=O) groups is 1. The van der Waals surface area contributed by atoms with Crippen LogP contribution < -0.4 is 11.1 Å². The molecule has 0 aliphatic carbocycles. The molecule has 0 fully saturated rings. The fourth-order valence-corrected chi connectivity index (χ4v) is 1.99. The fraction of sp³-hybridized carbons (Fsp3) is 0.167. The van der Waals surface area contributed by atoms with E-state index in [9.17, 15) is 9.59 Å². The van der Waals surface area contributed by atoms with Crippen molar-refractivity contribution >= 4 is 32.8 Å². The van der Waals surface area contributed by atoms with Gasteiger partial charge in [-0.1, -0.05) is 15.9 Å². The predicted molar refractivity (Wildman–Crippen MR) is 68.4 cm³/mol. The van der Waals surface area contributed by atoms with Crippen LogP contribution in [-0.2, 0) is 11.2 Å². The van der Waals surface area contributed by atoms with E-state index >= 15 is 0 Å². The molecule has 2 rings (SSSR count). The summed E-state index contributed by atoms with van der Waals surface area (Å²) in [6, 6.07) is 7.00. The van der Waals surface area contributed by atoms with E-state index in [1.54, 1.807) is 18.2 Å². The van der Waals surface area contributed by atoms with Crippen molar-refractivity contribution in [3.8, 4) is 0 Å². The topological polar surface area (TPSA) is 79.5 Å². The Balaban J connectivity index is 2.36. The number of rotatable bonds is 3. The van der Waals surface area contributed by atoms with Gasteiger partial charge >= 0.3 is 5.63 Å². The third kappa shape index (κ3) is 2.77. The Kier molecular flexibility index (Phi) is 3.78. The van der Waals surface area contributed by atoms with Crippen molar-refractivity contribution in [1.82, 2.24) is 5.48 Å². The van der Waals surface area contributed by atoms with E-state index in [-0.39, 0.29) is 12.8 Å². The maximum atomic E-state index is 11.6. The van der Waals surface area contributed by atoms with Gasteiger partial charge in [-0.05, 0) is 30.7 Å². The van der Waals surface area contributed by atoms with Gasteiger partial charge in [0.2, 0.25) is 5.91 Å². The van der Waals surface area contributed by atoms with Crippen LogP contribution >= 0.6 is 15.9 Å². The van der Waals surface area contributed by atoms with E-state index in [0.29, 0.717) is 11.1 Å². The van der Waals surface area contributed by atoms with Gasteiger partial charge in [0.1, 0.15) is 5.58 Å². The second kappa shape index (κ2) is 5.32. The Hall–Kier alpha value is -1.66. The van der Waals surface area contributed by atoms with Crippen LogP contribution in [0.25, 0.3) is 11.0 Å². The molecule has 0 aliphatic heterocycles. The van der Waals surface area contributed by atoms with Crippen molar-refractivity contribution in [3.05, 3.63) is 44.7 Å². The number of hydroxylamine groups is 1. The van der Waals surface area contributed by atoms with Crippen molar-refractivity contribution in [2.75, 3.05) is 0 Å². The number of fused-ring (bicyclic) bond motifs is 1. The zero-order valence-electron chi connectivity index (χ0n) is 9.27. The number of hydrogen-bond acceptors (Lipinski definition) is 4. The normalized spacial score (nSPS) is 10.6. The van der Waals surface area contributed by atoms with Gasteiger partial charge in [0.25, 0.3) is 0 Å². The molecule has 6 heteroatoms. The molecule has 0 bridgehead atoms. The second-order valence-electron chi connectivity index (χ2n) is 3.78. The highest BCUT2D eigenvalue weighted by molar-refractivity contribution is 9.10. The smallest absolute Gasteiger partial charge is 0.339 e. The van der Waals surface area contributed by atoms with Crippen LogP contribution in [0.15, 0.2) is 37.9 Å². The first kappa shape index (κ1) is 12.8. The van der Waals surface area contributed by atoms with Crippen molar-refractivity contribution in [3.63, 3.8) is 0 Å². The Morgan fingerprint density at radius 3 is 2.89 bits per heavy atom. The van der Waals surface area contributed by atoms with Crippen LogP contribution in [0.3, 0.4) is 0 Å². The van der Waals surface area contributed by atoms with Gasteiger partial charge in [0.15, 0.2) is 0 Å². The number of carbonyl (C=O) groups excluding carboxylic acids is 1. The lowest BCUT2D eigenvalue weighted by Gasteiger charge is -2.02. The lowest BCUT2D eigenvalue weighted by atomic mass is 10.1. The largest absolute Gasteiger partial charge is 0.423 e. The molecule has 0 unspecified atom stereocenters. The molecule has 0 aliphatic rings. The minimum absolute atomic E-state index is 0.0285. The summed E-state index contributed by atoms with van der Waals surface area (Å²) in [4.78, 5) is 22.6. The SMILES string of the molecule is O=C(CCc1cc2cc(Br)ccc2oc1=O)NO. The molecule has 1 aromatic carbocycles. The summed E-state index contributed by atoms with van der Waals surface area (Å²) in [6.45, 7) is 0. The molecule has 18 heavy (non-hydrogen) atoms. The molecule has 1 amide bonds. The summed E-state index contributed by atoms with van der Waals surface area (Å²) in [5.41, 5.74) is 1.96. The molecule has 0 saturated heterocycles. The monoisotopic (exact) mass is 311 g/mol. The average Bonchev–Trinajstić information content (AvgIpc) is 2.36. The molecule has 0 spiro atoms. The van der Waals surface area contributed by atoms with Crippen LogP contribution in [0.1, 0.15) is 12.0 Å². The fourth-order valence-electron chi connectivity index (χ4n) is 1.62. The standard InChI is InChI=1S/C12H10BrNO4/c13-9-2-3-10-8(6-9)5-7(12(16)18-10)1-4-11(15)14-17/h2-3,5-6,17H,1,4H2,(H,14,15). The van der Waals surface area contributed by atoms with E-state index in [1.807, 2.05) is 6.07 Å². The first-order chi connectivity index (χ1) is 8.60. The average molecular weight is 312 g/mol. The molecule has 94 valence electrons. The highest BCUT2D eigenvalue weighted by Gasteiger charge is 2.08. The minimum atomic E-state index is -0.538. The van der Waals surface area contributed by atoms with Crippen molar-refractivity contribution < 1.29 is 14.4 Å². The quantitative estimate of drug-likeness (QED) is 0.516. The van der Waals surface area contributed by atoms with Crippen LogP contribution in [0.2, 0.25) is 0 Å². The number of aryl methyl sites for hydroxylation is 1. The van der Waals surface area contributed by atoms with E-state index in [2.05, 4.69) is 15.9 Å².